The molecule has 92 valence electrons. The van der Waals surface area contributed by atoms with Crippen LogP contribution in [0.2, 0.25) is 0 Å². The second-order valence-corrected chi connectivity index (χ2v) is 3.35. The fourth-order valence-electron chi connectivity index (χ4n) is 1.29. The number of pyridine rings is 1. The molecule has 2 rings (SSSR count). The number of methoxy groups -OCH3 is 1. The van der Waals surface area contributed by atoms with Crippen LogP contribution in [0, 0.1) is 5.82 Å². The van der Waals surface area contributed by atoms with Crippen LogP contribution in [0.5, 0.6) is 0 Å². The van der Waals surface area contributed by atoms with E-state index in [4.69, 9.17) is 5.73 Å². The van der Waals surface area contributed by atoms with Crippen molar-refractivity contribution in [3.63, 3.8) is 0 Å². The van der Waals surface area contributed by atoms with Gasteiger partial charge in [0.15, 0.2) is 5.82 Å². The van der Waals surface area contributed by atoms with Crippen molar-refractivity contribution in [3.05, 3.63) is 35.9 Å². The molecule has 0 aliphatic heterocycles. The second kappa shape index (κ2) is 4.74. The molecule has 0 aliphatic rings. The van der Waals surface area contributed by atoms with Crippen molar-refractivity contribution in [2.45, 2.75) is 0 Å². The highest BCUT2D eigenvalue weighted by molar-refractivity contribution is 5.93. The number of halogens is 1. The highest BCUT2D eigenvalue weighted by atomic mass is 19.1. The van der Waals surface area contributed by atoms with E-state index in [2.05, 4.69) is 19.7 Å². The van der Waals surface area contributed by atoms with Crippen LogP contribution in [-0.2, 0) is 4.74 Å². The monoisotopic (exact) mass is 248 g/mol. The Bertz CT molecular complexity index is 586. The van der Waals surface area contributed by atoms with Gasteiger partial charge < -0.3 is 10.5 Å². The third kappa shape index (κ3) is 2.24. The van der Waals surface area contributed by atoms with Gasteiger partial charge in [0.05, 0.1) is 13.3 Å². The van der Waals surface area contributed by atoms with E-state index in [0.29, 0.717) is 5.69 Å². The molecule has 0 radical (unpaired) electrons. The van der Waals surface area contributed by atoms with E-state index in [1.165, 1.54) is 25.4 Å². The van der Waals surface area contributed by atoms with E-state index in [-0.39, 0.29) is 17.2 Å². The van der Waals surface area contributed by atoms with Gasteiger partial charge in [-0.25, -0.2) is 24.1 Å². The number of esters is 1. The molecule has 0 spiro atoms. The SMILES string of the molecule is COC(=O)c1cnc(-c2ccc(F)cn2)nc1N. The number of ether oxygens (including phenoxy) is 1. The first-order chi connectivity index (χ1) is 8.61. The first kappa shape index (κ1) is 11.9. The first-order valence-corrected chi connectivity index (χ1v) is 4.94. The van der Waals surface area contributed by atoms with Crippen molar-refractivity contribution >= 4 is 11.8 Å². The molecule has 0 atom stereocenters. The topological polar surface area (TPSA) is 91.0 Å². The Kier molecular flexibility index (Phi) is 3.13. The van der Waals surface area contributed by atoms with Crippen molar-refractivity contribution in [1.82, 2.24) is 15.0 Å². The number of nitrogens with zero attached hydrogens (tertiary/aromatic N) is 3. The maximum absolute atomic E-state index is 12.7. The Morgan fingerprint density at radius 3 is 2.67 bits per heavy atom. The molecule has 2 N–H and O–H groups in total. The van der Waals surface area contributed by atoms with E-state index in [1.807, 2.05) is 0 Å². The van der Waals surface area contributed by atoms with E-state index in [0.717, 1.165) is 6.20 Å². The highest BCUT2D eigenvalue weighted by Gasteiger charge is 2.13. The van der Waals surface area contributed by atoms with Gasteiger partial charge in [0, 0.05) is 6.20 Å². The summed E-state index contributed by atoms with van der Waals surface area (Å²) in [6, 6.07) is 2.65. The first-order valence-electron chi connectivity index (χ1n) is 4.94. The Hall–Kier alpha value is -2.57. The third-order valence-electron chi connectivity index (χ3n) is 2.18. The van der Waals surface area contributed by atoms with Crippen molar-refractivity contribution in [3.8, 4) is 11.5 Å². The van der Waals surface area contributed by atoms with E-state index in [1.54, 1.807) is 0 Å². The Morgan fingerprint density at radius 2 is 2.11 bits per heavy atom. The minimum Gasteiger partial charge on any atom is -0.465 e. The number of carbonyl (C=O) groups is 1. The second-order valence-electron chi connectivity index (χ2n) is 3.35. The molecular weight excluding hydrogens is 239 g/mol. The summed E-state index contributed by atoms with van der Waals surface area (Å²) in [5.41, 5.74) is 6.04. The van der Waals surface area contributed by atoms with E-state index >= 15 is 0 Å². The molecule has 0 aliphatic carbocycles. The van der Waals surface area contributed by atoms with Gasteiger partial charge in [-0.1, -0.05) is 0 Å². The van der Waals surface area contributed by atoms with Crippen molar-refractivity contribution < 1.29 is 13.9 Å². The summed E-state index contributed by atoms with van der Waals surface area (Å²) in [5.74, 6) is -0.887. The lowest BCUT2D eigenvalue weighted by molar-refractivity contribution is 0.0601. The minimum atomic E-state index is -0.619. The van der Waals surface area contributed by atoms with E-state index in [9.17, 15) is 9.18 Å². The lowest BCUT2D eigenvalue weighted by atomic mass is 10.3. The van der Waals surface area contributed by atoms with Crippen molar-refractivity contribution in [1.29, 1.82) is 0 Å². The summed E-state index contributed by atoms with van der Waals surface area (Å²) in [4.78, 5) is 22.9. The summed E-state index contributed by atoms with van der Waals surface area (Å²) in [6.07, 6.45) is 2.29. The zero-order chi connectivity index (χ0) is 13.1. The molecule has 18 heavy (non-hydrogen) atoms. The molecule has 0 saturated carbocycles. The molecule has 2 aromatic heterocycles. The van der Waals surface area contributed by atoms with Crippen LogP contribution in [0.3, 0.4) is 0 Å². The smallest absolute Gasteiger partial charge is 0.343 e. The van der Waals surface area contributed by atoms with Crippen LogP contribution < -0.4 is 5.73 Å². The molecule has 0 unspecified atom stereocenters. The summed E-state index contributed by atoms with van der Waals surface area (Å²) in [7, 11) is 1.23. The number of nitrogens with two attached hydrogens (primary N) is 1. The molecule has 6 nitrogen and oxygen atoms in total. The molecule has 0 bridgehead atoms. The predicted molar refractivity (Wildman–Crippen MR) is 61.0 cm³/mol. The van der Waals surface area contributed by atoms with Gasteiger partial charge in [-0.3, -0.25) is 0 Å². The number of anilines is 1. The maximum Gasteiger partial charge on any atom is 0.343 e. The minimum absolute atomic E-state index is 0.0158. The highest BCUT2D eigenvalue weighted by Crippen LogP contribution is 2.16. The lowest BCUT2D eigenvalue weighted by Crippen LogP contribution is -2.09. The van der Waals surface area contributed by atoms with Crippen LogP contribution in [0.25, 0.3) is 11.5 Å². The Morgan fingerprint density at radius 1 is 1.33 bits per heavy atom. The maximum atomic E-state index is 12.7. The normalized spacial score (nSPS) is 10.1. The van der Waals surface area contributed by atoms with Crippen LogP contribution in [0.1, 0.15) is 10.4 Å². The van der Waals surface area contributed by atoms with Crippen molar-refractivity contribution in [2.75, 3.05) is 12.8 Å². The molecule has 7 heteroatoms. The summed E-state index contributed by atoms with van der Waals surface area (Å²) < 4.78 is 17.2. The molecule has 0 saturated heterocycles. The number of aromatic nitrogens is 3. The molecule has 0 amide bonds. The quantitative estimate of drug-likeness (QED) is 0.798. The number of rotatable bonds is 2. The molecule has 0 fully saturated rings. The van der Waals surface area contributed by atoms with Gasteiger partial charge in [0.2, 0.25) is 0 Å². The standard InChI is InChI=1S/C11H9FN4O2/c1-18-11(17)7-5-15-10(16-9(7)13)8-3-2-6(12)4-14-8/h2-5H,1H3,(H2,13,15,16). The third-order valence-corrected chi connectivity index (χ3v) is 2.18. The van der Waals surface area contributed by atoms with E-state index < -0.39 is 11.8 Å². The van der Waals surface area contributed by atoms with Gasteiger partial charge in [-0.15, -0.1) is 0 Å². The van der Waals surface area contributed by atoms with Crippen LogP contribution in [0.4, 0.5) is 10.2 Å². The zero-order valence-electron chi connectivity index (χ0n) is 9.42. The Balaban J connectivity index is 2.40. The summed E-state index contributed by atoms with van der Waals surface area (Å²) >= 11 is 0. The molecular formula is C11H9FN4O2. The number of nitrogen functional groups attached to an aromatic ring is 1. The van der Waals surface area contributed by atoms with Gasteiger partial charge in [-0.05, 0) is 12.1 Å². The van der Waals surface area contributed by atoms with Crippen molar-refractivity contribution in [2.24, 2.45) is 0 Å². The fraction of sp³-hybridized carbons (Fsp3) is 0.0909. The van der Waals surface area contributed by atoms with Gasteiger partial charge in [0.25, 0.3) is 0 Å². The van der Waals surface area contributed by atoms with Gasteiger partial charge in [0.1, 0.15) is 22.9 Å². The number of carbonyl (C=O) groups excluding carboxylic acids is 1. The van der Waals surface area contributed by atoms with Crippen LogP contribution in [-0.4, -0.2) is 28.0 Å². The fourth-order valence-corrected chi connectivity index (χ4v) is 1.29. The predicted octanol–water partition coefficient (Wildman–Crippen LogP) is 1.05. The largest absolute Gasteiger partial charge is 0.465 e. The number of hydrogen-bond acceptors (Lipinski definition) is 6. The summed E-state index contributed by atoms with van der Waals surface area (Å²) in [6.45, 7) is 0. The molecule has 2 heterocycles. The van der Waals surface area contributed by atoms with Crippen LogP contribution in [0.15, 0.2) is 24.5 Å². The average Bonchev–Trinajstić information content (AvgIpc) is 2.38. The van der Waals surface area contributed by atoms with Gasteiger partial charge >= 0.3 is 5.97 Å². The average molecular weight is 248 g/mol. The molecule has 2 aromatic rings. The van der Waals surface area contributed by atoms with Crippen LogP contribution >= 0.6 is 0 Å². The van der Waals surface area contributed by atoms with Gasteiger partial charge in [-0.2, -0.15) is 0 Å². The zero-order valence-corrected chi connectivity index (χ0v) is 9.42. The lowest BCUT2D eigenvalue weighted by Gasteiger charge is -2.04. The Labute approximate surface area is 102 Å². The summed E-state index contributed by atoms with van der Waals surface area (Å²) in [5, 5.41) is 0. The number of hydrogen-bond donors (Lipinski definition) is 1. The molecule has 0 aromatic carbocycles.